The molecule has 0 aromatic heterocycles. The third-order valence-electron chi connectivity index (χ3n) is 4.57. The van der Waals surface area contributed by atoms with Crippen LogP contribution in [0.1, 0.15) is 51.9 Å². The minimum absolute atomic E-state index is 0.0374. The molecule has 0 bridgehead atoms. The highest BCUT2D eigenvalue weighted by Gasteiger charge is 2.47. The number of carboxylic acids is 1. The van der Waals surface area contributed by atoms with Crippen LogP contribution in [-0.4, -0.2) is 46.4 Å². The van der Waals surface area contributed by atoms with E-state index in [-0.39, 0.29) is 24.4 Å². The zero-order valence-electron chi connectivity index (χ0n) is 12.5. The number of aliphatic carboxylic acids is 1. The molecule has 1 saturated heterocycles. The van der Waals surface area contributed by atoms with E-state index in [0.29, 0.717) is 18.8 Å². The Kier molecular flexibility index (Phi) is 5.20. The maximum atomic E-state index is 12.4. The highest BCUT2D eigenvalue weighted by Crippen LogP contribution is 2.39. The van der Waals surface area contributed by atoms with E-state index in [1.165, 1.54) is 4.90 Å². The highest BCUT2D eigenvalue weighted by atomic mass is 16.4. The molecule has 1 aliphatic carbocycles. The molecule has 0 aromatic rings. The van der Waals surface area contributed by atoms with Crippen molar-refractivity contribution >= 4 is 17.8 Å². The van der Waals surface area contributed by atoms with Crippen molar-refractivity contribution in [3.8, 4) is 0 Å². The first-order chi connectivity index (χ1) is 10.0. The molecule has 6 nitrogen and oxygen atoms in total. The van der Waals surface area contributed by atoms with Crippen molar-refractivity contribution in [3.63, 3.8) is 0 Å². The Balaban J connectivity index is 2.01. The van der Waals surface area contributed by atoms with Gasteiger partial charge in [-0.2, -0.15) is 0 Å². The van der Waals surface area contributed by atoms with Crippen LogP contribution in [0.2, 0.25) is 0 Å². The number of rotatable bonds is 5. The summed E-state index contributed by atoms with van der Waals surface area (Å²) >= 11 is 0. The van der Waals surface area contributed by atoms with Crippen LogP contribution in [0, 0.1) is 5.92 Å². The fourth-order valence-corrected chi connectivity index (χ4v) is 3.62. The lowest BCUT2D eigenvalue weighted by Crippen LogP contribution is -2.49. The standard InChI is InChI=1S/C15H24N2O4/c1-2-5-13(18)16-9-14(19)17-11-7-4-3-6-10(11)8-12(17)15(20)21/h10-12H,2-9H2,1H3,(H,16,18)(H,20,21). The molecule has 1 aliphatic heterocycles. The van der Waals surface area contributed by atoms with Gasteiger partial charge in [0.25, 0.3) is 0 Å². The molecule has 2 rings (SSSR count). The Morgan fingerprint density at radius 1 is 1.24 bits per heavy atom. The number of hydrogen-bond acceptors (Lipinski definition) is 3. The molecule has 1 heterocycles. The summed E-state index contributed by atoms with van der Waals surface area (Å²) < 4.78 is 0. The first-order valence-electron chi connectivity index (χ1n) is 7.85. The molecule has 118 valence electrons. The zero-order chi connectivity index (χ0) is 15.4. The minimum Gasteiger partial charge on any atom is -0.480 e. The Hall–Kier alpha value is -1.59. The topological polar surface area (TPSA) is 86.7 Å². The lowest BCUT2D eigenvalue weighted by molar-refractivity contribution is -0.149. The SMILES string of the molecule is CCCC(=O)NCC(=O)N1C(C(=O)O)CC2CCCCC21. The summed E-state index contributed by atoms with van der Waals surface area (Å²) in [5.74, 6) is -1.05. The molecule has 21 heavy (non-hydrogen) atoms. The number of amides is 2. The van der Waals surface area contributed by atoms with Gasteiger partial charge in [-0.15, -0.1) is 0 Å². The van der Waals surface area contributed by atoms with Crippen molar-refractivity contribution < 1.29 is 19.5 Å². The van der Waals surface area contributed by atoms with E-state index in [1.54, 1.807) is 0 Å². The summed E-state index contributed by atoms with van der Waals surface area (Å²) in [7, 11) is 0. The van der Waals surface area contributed by atoms with Crippen LogP contribution >= 0.6 is 0 Å². The van der Waals surface area contributed by atoms with Gasteiger partial charge in [0, 0.05) is 12.5 Å². The molecular formula is C15H24N2O4. The van der Waals surface area contributed by atoms with Crippen LogP contribution in [0.3, 0.4) is 0 Å². The van der Waals surface area contributed by atoms with Crippen molar-refractivity contribution in [3.05, 3.63) is 0 Å². The van der Waals surface area contributed by atoms with Gasteiger partial charge in [0.1, 0.15) is 6.04 Å². The van der Waals surface area contributed by atoms with Crippen molar-refractivity contribution in [1.82, 2.24) is 10.2 Å². The van der Waals surface area contributed by atoms with Crippen molar-refractivity contribution in [2.24, 2.45) is 5.92 Å². The van der Waals surface area contributed by atoms with E-state index in [1.807, 2.05) is 6.92 Å². The summed E-state index contributed by atoms with van der Waals surface area (Å²) in [5, 5.41) is 12.0. The molecule has 2 N–H and O–H groups in total. The van der Waals surface area contributed by atoms with Gasteiger partial charge in [-0.05, 0) is 31.6 Å². The second-order valence-corrected chi connectivity index (χ2v) is 6.03. The molecule has 0 spiro atoms. The van der Waals surface area contributed by atoms with E-state index >= 15 is 0 Å². The fraction of sp³-hybridized carbons (Fsp3) is 0.800. The van der Waals surface area contributed by atoms with Crippen molar-refractivity contribution in [1.29, 1.82) is 0 Å². The van der Waals surface area contributed by atoms with E-state index in [4.69, 9.17) is 0 Å². The average molecular weight is 296 g/mol. The fourth-order valence-electron chi connectivity index (χ4n) is 3.62. The number of fused-ring (bicyclic) bond motifs is 1. The van der Waals surface area contributed by atoms with Crippen molar-refractivity contribution in [2.75, 3.05) is 6.54 Å². The van der Waals surface area contributed by atoms with Gasteiger partial charge >= 0.3 is 5.97 Å². The van der Waals surface area contributed by atoms with Gasteiger partial charge in [0.15, 0.2) is 0 Å². The van der Waals surface area contributed by atoms with Gasteiger partial charge in [-0.3, -0.25) is 9.59 Å². The quantitative estimate of drug-likeness (QED) is 0.796. The molecule has 2 fully saturated rings. The summed E-state index contributed by atoms with van der Waals surface area (Å²) in [6.45, 7) is 1.81. The van der Waals surface area contributed by atoms with Crippen LogP contribution in [0.25, 0.3) is 0 Å². The number of carbonyl (C=O) groups is 3. The number of nitrogens with zero attached hydrogens (tertiary/aromatic N) is 1. The van der Waals surface area contributed by atoms with Crippen LogP contribution < -0.4 is 5.32 Å². The third kappa shape index (κ3) is 3.54. The van der Waals surface area contributed by atoms with Gasteiger partial charge < -0.3 is 15.3 Å². The Bertz CT molecular complexity index is 424. The maximum Gasteiger partial charge on any atom is 0.326 e. The summed E-state index contributed by atoms with van der Waals surface area (Å²) in [4.78, 5) is 36.8. The molecule has 3 atom stereocenters. The molecule has 0 radical (unpaired) electrons. The first-order valence-corrected chi connectivity index (χ1v) is 7.85. The Morgan fingerprint density at radius 2 is 1.95 bits per heavy atom. The van der Waals surface area contributed by atoms with Crippen LogP contribution in [0.4, 0.5) is 0 Å². The van der Waals surface area contributed by atoms with Crippen LogP contribution in [0.15, 0.2) is 0 Å². The molecule has 0 aromatic carbocycles. The predicted octanol–water partition coefficient (Wildman–Crippen LogP) is 1.15. The number of carboxylic acid groups (broad SMARTS) is 1. The lowest BCUT2D eigenvalue weighted by atomic mass is 9.85. The maximum absolute atomic E-state index is 12.4. The molecule has 2 amide bonds. The monoisotopic (exact) mass is 296 g/mol. The van der Waals surface area contributed by atoms with E-state index in [9.17, 15) is 19.5 Å². The van der Waals surface area contributed by atoms with Gasteiger partial charge in [0.05, 0.1) is 6.54 Å². The van der Waals surface area contributed by atoms with E-state index < -0.39 is 12.0 Å². The molecule has 2 aliphatic rings. The largest absolute Gasteiger partial charge is 0.480 e. The zero-order valence-corrected chi connectivity index (χ0v) is 12.5. The highest BCUT2D eigenvalue weighted by molar-refractivity contribution is 5.88. The number of hydrogen-bond donors (Lipinski definition) is 2. The molecular weight excluding hydrogens is 272 g/mol. The van der Waals surface area contributed by atoms with Crippen LogP contribution in [-0.2, 0) is 14.4 Å². The summed E-state index contributed by atoms with van der Waals surface area (Å²) in [5.41, 5.74) is 0. The van der Waals surface area contributed by atoms with Gasteiger partial charge in [-0.25, -0.2) is 4.79 Å². The molecule has 6 heteroatoms. The first kappa shape index (κ1) is 15.8. The Labute approximate surface area is 124 Å². The molecule has 1 saturated carbocycles. The Morgan fingerprint density at radius 3 is 2.62 bits per heavy atom. The van der Waals surface area contributed by atoms with E-state index in [0.717, 1.165) is 32.1 Å². The number of carbonyl (C=O) groups excluding carboxylic acids is 2. The number of nitrogens with one attached hydrogen (secondary N) is 1. The smallest absolute Gasteiger partial charge is 0.326 e. The molecule has 3 unspecified atom stereocenters. The van der Waals surface area contributed by atoms with E-state index in [2.05, 4.69) is 5.32 Å². The van der Waals surface area contributed by atoms with Gasteiger partial charge in [-0.1, -0.05) is 19.8 Å². The summed E-state index contributed by atoms with van der Waals surface area (Å²) in [6.07, 6.45) is 5.70. The second-order valence-electron chi connectivity index (χ2n) is 6.03. The number of likely N-dealkylation sites (tertiary alicyclic amines) is 1. The van der Waals surface area contributed by atoms with Gasteiger partial charge in [0.2, 0.25) is 11.8 Å². The normalized spacial score (nSPS) is 28.0. The summed E-state index contributed by atoms with van der Waals surface area (Å²) in [6, 6.07) is -0.691. The predicted molar refractivity (Wildman–Crippen MR) is 76.6 cm³/mol. The second kappa shape index (κ2) is 6.91. The average Bonchev–Trinajstić information content (AvgIpc) is 2.85. The van der Waals surface area contributed by atoms with Crippen LogP contribution in [0.5, 0.6) is 0 Å². The lowest BCUT2D eigenvalue weighted by Gasteiger charge is -2.33. The third-order valence-corrected chi connectivity index (χ3v) is 4.57. The van der Waals surface area contributed by atoms with Crippen molar-refractivity contribution in [2.45, 2.75) is 64.0 Å². The minimum atomic E-state index is -0.933.